The summed E-state index contributed by atoms with van der Waals surface area (Å²) in [7, 11) is 0. The van der Waals surface area contributed by atoms with Crippen LogP contribution in [0.25, 0.3) is 0 Å². The molecule has 0 radical (unpaired) electrons. The van der Waals surface area contributed by atoms with Crippen LogP contribution in [0, 0.1) is 0 Å². The number of fused-ring (bicyclic) bond motifs is 1. The fraction of sp³-hybridized carbons (Fsp3) is 0.600. The third kappa shape index (κ3) is 2.55. The second-order valence-corrected chi connectivity index (χ2v) is 5.17. The first kappa shape index (κ1) is 12.8. The Morgan fingerprint density at radius 1 is 1.26 bits per heavy atom. The summed E-state index contributed by atoms with van der Waals surface area (Å²) < 4.78 is 11.2. The largest absolute Gasteiger partial charge is 0.454 e. The van der Waals surface area contributed by atoms with Gasteiger partial charge in [0, 0.05) is 37.8 Å². The number of ether oxygens (including phenoxy) is 2. The number of hydrogen-bond donors (Lipinski definition) is 1. The minimum absolute atomic E-state index is 0.354. The topological polar surface area (TPSA) is 33.7 Å². The van der Waals surface area contributed by atoms with E-state index in [4.69, 9.17) is 9.47 Å². The Morgan fingerprint density at radius 3 is 2.89 bits per heavy atom. The zero-order chi connectivity index (χ0) is 13.1. The molecule has 0 aromatic heterocycles. The van der Waals surface area contributed by atoms with Crippen LogP contribution >= 0.6 is 0 Å². The molecule has 0 bridgehead atoms. The third-order valence-electron chi connectivity index (χ3n) is 3.94. The van der Waals surface area contributed by atoms with Gasteiger partial charge in [0.25, 0.3) is 0 Å². The van der Waals surface area contributed by atoms with Crippen molar-refractivity contribution >= 4 is 0 Å². The standard InChI is InChI=1S/C15H22N2O2/c1-2-4-13(17-9-7-16-8-10-17)12-5-3-6-14-15(12)19-11-18-14/h3,5-6,13,16H,2,4,7-11H2,1H3/t13-/m0/s1. The minimum atomic E-state index is 0.354. The molecule has 0 amide bonds. The molecular formula is C15H22N2O2. The Kier molecular flexibility index (Phi) is 3.89. The van der Waals surface area contributed by atoms with Gasteiger partial charge >= 0.3 is 0 Å². The fourth-order valence-electron chi connectivity index (χ4n) is 3.02. The SMILES string of the molecule is CCC[C@@H](c1cccc2c1OCO2)N1CCNCC1. The third-order valence-corrected chi connectivity index (χ3v) is 3.94. The van der Waals surface area contributed by atoms with Crippen LogP contribution in [0.15, 0.2) is 18.2 Å². The van der Waals surface area contributed by atoms with Gasteiger partial charge in [-0.1, -0.05) is 25.5 Å². The average Bonchev–Trinajstić information content (AvgIpc) is 2.94. The van der Waals surface area contributed by atoms with Crippen LogP contribution in [0.5, 0.6) is 11.5 Å². The Morgan fingerprint density at radius 2 is 2.11 bits per heavy atom. The smallest absolute Gasteiger partial charge is 0.231 e. The summed E-state index contributed by atoms with van der Waals surface area (Å²) in [6.45, 7) is 6.96. The van der Waals surface area contributed by atoms with Crippen LogP contribution in [-0.4, -0.2) is 37.9 Å². The summed E-state index contributed by atoms with van der Waals surface area (Å²) in [5.41, 5.74) is 1.29. The van der Waals surface area contributed by atoms with E-state index in [1.165, 1.54) is 18.4 Å². The highest BCUT2D eigenvalue weighted by molar-refractivity contribution is 5.49. The maximum atomic E-state index is 5.68. The van der Waals surface area contributed by atoms with Gasteiger partial charge in [0.2, 0.25) is 6.79 Å². The zero-order valence-electron chi connectivity index (χ0n) is 11.5. The molecule has 2 aliphatic rings. The number of piperazine rings is 1. The summed E-state index contributed by atoms with van der Waals surface area (Å²) in [6, 6.07) is 6.71. The molecule has 0 aliphatic carbocycles. The number of nitrogens with zero attached hydrogens (tertiary/aromatic N) is 1. The van der Waals surface area contributed by atoms with Gasteiger partial charge in [0.1, 0.15) is 0 Å². The Bertz CT molecular complexity index is 430. The maximum absolute atomic E-state index is 5.68. The van der Waals surface area contributed by atoms with E-state index in [1.54, 1.807) is 0 Å². The van der Waals surface area contributed by atoms with Crippen molar-refractivity contribution in [3.05, 3.63) is 23.8 Å². The molecule has 4 nitrogen and oxygen atoms in total. The molecule has 1 atom stereocenters. The summed E-state index contributed by atoms with van der Waals surface area (Å²) in [4.78, 5) is 2.57. The lowest BCUT2D eigenvalue weighted by molar-refractivity contribution is 0.153. The molecule has 19 heavy (non-hydrogen) atoms. The average molecular weight is 262 g/mol. The molecule has 1 aromatic rings. The molecule has 1 N–H and O–H groups in total. The lowest BCUT2D eigenvalue weighted by Crippen LogP contribution is -2.45. The molecule has 1 fully saturated rings. The molecular weight excluding hydrogens is 240 g/mol. The number of benzene rings is 1. The van der Waals surface area contributed by atoms with Crippen molar-refractivity contribution in [3.8, 4) is 11.5 Å². The van der Waals surface area contributed by atoms with Gasteiger partial charge in [0.15, 0.2) is 11.5 Å². The van der Waals surface area contributed by atoms with Gasteiger partial charge in [-0.2, -0.15) is 0 Å². The van der Waals surface area contributed by atoms with Gasteiger partial charge in [-0.25, -0.2) is 0 Å². The second-order valence-electron chi connectivity index (χ2n) is 5.17. The quantitative estimate of drug-likeness (QED) is 0.901. The van der Waals surface area contributed by atoms with E-state index in [0.717, 1.165) is 37.7 Å². The number of hydrogen-bond acceptors (Lipinski definition) is 4. The van der Waals surface area contributed by atoms with Crippen molar-refractivity contribution in [1.29, 1.82) is 0 Å². The Labute approximate surface area is 114 Å². The number of rotatable bonds is 4. The second kappa shape index (κ2) is 5.80. The zero-order valence-corrected chi connectivity index (χ0v) is 11.5. The van der Waals surface area contributed by atoms with Crippen LogP contribution in [0.2, 0.25) is 0 Å². The molecule has 2 aliphatic heterocycles. The van der Waals surface area contributed by atoms with Crippen LogP contribution < -0.4 is 14.8 Å². The normalized spacial score (nSPS) is 20.5. The maximum Gasteiger partial charge on any atom is 0.231 e. The van der Waals surface area contributed by atoms with Crippen LogP contribution in [0.3, 0.4) is 0 Å². The van der Waals surface area contributed by atoms with E-state index < -0.39 is 0 Å². The summed E-state index contributed by atoms with van der Waals surface area (Å²) >= 11 is 0. The van der Waals surface area contributed by atoms with Gasteiger partial charge in [-0.3, -0.25) is 4.90 Å². The van der Waals surface area contributed by atoms with Crippen molar-refractivity contribution in [2.75, 3.05) is 33.0 Å². The van der Waals surface area contributed by atoms with Gasteiger partial charge < -0.3 is 14.8 Å². The molecule has 3 rings (SSSR count). The number of nitrogens with one attached hydrogen (secondary N) is 1. The fourth-order valence-corrected chi connectivity index (χ4v) is 3.02. The molecule has 1 saturated heterocycles. The monoisotopic (exact) mass is 262 g/mol. The lowest BCUT2D eigenvalue weighted by atomic mass is 9.98. The highest BCUT2D eigenvalue weighted by Crippen LogP contribution is 2.41. The summed E-state index contributed by atoms with van der Waals surface area (Å²) in [5.74, 6) is 1.85. The number of para-hydroxylation sites is 1. The minimum Gasteiger partial charge on any atom is -0.454 e. The van der Waals surface area contributed by atoms with Gasteiger partial charge in [-0.05, 0) is 12.5 Å². The molecule has 0 unspecified atom stereocenters. The molecule has 0 spiro atoms. The van der Waals surface area contributed by atoms with E-state index in [1.807, 2.05) is 6.07 Å². The molecule has 0 saturated carbocycles. The summed E-state index contributed by atoms with van der Waals surface area (Å²) in [5, 5.41) is 3.42. The highest BCUT2D eigenvalue weighted by atomic mass is 16.7. The molecule has 104 valence electrons. The van der Waals surface area contributed by atoms with Crippen molar-refractivity contribution < 1.29 is 9.47 Å². The molecule has 1 aromatic carbocycles. The van der Waals surface area contributed by atoms with Crippen molar-refractivity contribution in [2.24, 2.45) is 0 Å². The van der Waals surface area contributed by atoms with E-state index >= 15 is 0 Å². The first-order chi connectivity index (χ1) is 9.40. The highest BCUT2D eigenvalue weighted by Gasteiger charge is 2.27. The van der Waals surface area contributed by atoms with E-state index in [-0.39, 0.29) is 0 Å². The predicted molar refractivity (Wildman–Crippen MR) is 74.7 cm³/mol. The van der Waals surface area contributed by atoms with Crippen molar-refractivity contribution in [1.82, 2.24) is 10.2 Å². The van der Waals surface area contributed by atoms with E-state index in [9.17, 15) is 0 Å². The lowest BCUT2D eigenvalue weighted by Gasteiger charge is -2.35. The van der Waals surface area contributed by atoms with E-state index in [0.29, 0.717) is 12.8 Å². The molecule has 2 heterocycles. The van der Waals surface area contributed by atoms with Gasteiger partial charge in [0.05, 0.1) is 0 Å². The Hall–Kier alpha value is -1.26. The van der Waals surface area contributed by atoms with Crippen LogP contribution in [0.1, 0.15) is 31.4 Å². The summed E-state index contributed by atoms with van der Waals surface area (Å²) in [6.07, 6.45) is 2.35. The first-order valence-electron chi connectivity index (χ1n) is 7.23. The van der Waals surface area contributed by atoms with Crippen molar-refractivity contribution in [3.63, 3.8) is 0 Å². The first-order valence-corrected chi connectivity index (χ1v) is 7.23. The van der Waals surface area contributed by atoms with Gasteiger partial charge in [-0.15, -0.1) is 0 Å². The van der Waals surface area contributed by atoms with E-state index in [2.05, 4.69) is 29.3 Å². The predicted octanol–water partition coefficient (Wildman–Crippen LogP) is 2.16. The van der Waals surface area contributed by atoms with Crippen molar-refractivity contribution in [2.45, 2.75) is 25.8 Å². The Balaban J connectivity index is 1.89. The van der Waals surface area contributed by atoms with Crippen LogP contribution in [-0.2, 0) is 0 Å². The van der Waals surface area contributed by atoms with Crippen LogP contribution in [0.4, 0.5) is 0 Å². The molecule has 4 heteroatoms.